The topological polar surface area (TPSA) is 58.9 Å². The van der Waals surface area contributed by atoms with E-state index < -0.39 is 5.41 Å². The highest BCUT2D eigenvalue weighted by Crippen LogP contribution is 2.62. The minimum Gasteiger partial charge on any atom is -0.432 e. The third-order valence-corrected chi connectivity index (χ3v) is 7.69. The Morgan fingerprint density at radius 3 is 1.94 bits per heavy atom. The number of hydrogen-bond acceptors (Lipinski definition) is 5. The third-order valence-electron chi connectivity index (χ3n) is 6.96. The van der Waals surface area contributed by atoms with Crippen LogP contribution in [-0.2, 0) is 14.3 Å². The van der Waals surface area contributed by atoms with E-state index in [0.29, 0.717) is 14.1 Å². The standard InChI is InChI=1S/C29H25BO4S/c31-13-15-33-30-19-9-11-23-24-12-10-20(35-34-16-14-32)18-28(24)29(27(23)17-19)25-7-3-1-5-21(25)22-6-2-4-8-26(22)29/h1-12,17-18,30-32H,13-16H2. The monoisotopic (exact) mass is 480 g/mol. The molecular formula is C29H25BO4S. The third kappa shape index (κ3) is 3.48. The summed E-state index contributed by atoms with van der Waals surface area (Å²) in [7, 11) is 0.458. The molecule has 4 aromatic rings. The molecule has 0 amide bonds. The van der Waals surface area contributed by atoms with Gasteiger partial charge in [-0.1, -0.05) is 78.3 Å². The first-order valence-electron chi connectivity index (χ1n) is 11.9. The Labute approximate surface area is 210 Å². The van der Waals surface area contributed by atoms with E-state index in [0.717, 1.165) is 10.4 Å². The van der Waals surface area contributed by atoms with Gasteiger partial charge in [-0.05, 0) is 56.6 Å². The fraction of sp³-hybridized carbons (Fsp3) is 0.172. The van der Waals surface area contributed by atoms with Crippen molar-refractivity contribution in [2.45, 2.75) is 10.3 Å². The van der Waals surface area contributed by atoms with E-state index in [9.17, 15) is 0 Å². The smallest absolute Gasteiger partial charge is 0.308 e. The SMILES string of the molecule is OCCOBc1ccc2c(c1)C1(c3ccccc3-c3ccccc31)c1cc(SOCCO)ccc1-2. The molecule has 2 aliphatic rings. The summed E-state index contributed by atoms with van der Waals surface area (Å²) in [6.45, 7) is 0.619. The molecule has 2 aliphatic carbocycles. The average Bonchev–Trinajstić information content (AvgIpc) is 3.36. The molecule has 2 N–H and O–H groups in total. The highest BCUT2D eigenvalue weighted by atomic mass is 32.2. The van der Waals surface area contributed by atoms with Gasteiger partial charge in [-0.2, -0.15) is 0 Å². The molecule has 6 rings (SSSR count). The van der Waals surface area contributed by atoms with Gasteiger partial charge in [-0.25, -0.2) is 0 Å². The van der Waals surface area contributed by atoms with Crippen molar-refractivity contribution in [3.8, 4) is 22.3 Å². The summed E-state index contributed by atoms with van der Waals surface area (Å²) in [4.78, 5) is 1.01. The molecule has 4 nitrogen and oxygen atoms in total. The van der Waals surface area contributed by atoms with E-state index in [1.807, 2.05) is 0 Å². The van der Waals surface area contributed by atoms with Crippen LogP contribution in [0.5, 0.6) is 0 Å². The zero-order chi connectivity index (χ0) is 23.8. The minimum atomic E-state index is -0.432. The van der Waals surface area contributed by atoms with Crippen molar-refractivity contribution < 1.29 is 19.1 Å². The predicted octanol–water partition coefficient (Wildman–Crippen LogP) is 4.03. The number of benzene rings is 4. The Bertz CT molecular complexity index is 1300. The van der Waals surface area contributed by atoms with Gasteiger partial charge in [0.1, 0.15) is 0 Å². The molecule has 6 heteroatoms. The second kappa shape index (κ2) is 9.30. The lowest BCUT2D eigenvalue weighted by Crippen LogP contribution is -2.28. The van der Waals surface area contributed by atoms with E-state index in [1.165, 1.54) is 56.6 Å². The number of hydrogen-bond donors (Lipinski definition) is 2. The summed E-state index contributed by atoms with van der Waals surface area (Å²) in [5.74, 6) is 0. The van der Waals surface area contributed by atoms with E-state index in [-0.39, 0.29) is 19.8 Å². The molecule has 0 bridgehead atoms. The summed E-state index contributed by atoms with van der Waals surface area (Å²) < 4.78 is 11.3. The maximum atomic E-state index is 9.16. The molecule has 0 heterocycles. The second-order valence-electron chi connectivity index (χ2n) is 8.83. The lowest BCUT2D eigenvalue weighted by Gasteiger charge is -2.31. The van der Waals surface area contributed by atoms with Crippen molar-refractivity contribution in [2.75, 3.05) is 26.4 Å². The highest BCUT2D eigenvalue weighted by Gasteiger charge is 2.51. The Morgan fingerprint density at radius 2 is 1.26 bits per heavy atom. The molecular weight excluding hydrogens is 455 g/mol. The summed E-state index contributed by atoms with van der Waals surface area (Å²) in [6.07, 6.45) is 0. The second-order valence-corrected chi connectivity index (χ2v) is 9.71. The summed E-state index contributed by atoms with van der Waals surface area (Å²) in [6, 6.07) is 30.6. The lowest BCUT2D eigenvalue weighted by atomic mass is 9.69. The fourth-order valence-corrected chi connectivity index (χ4v) is 6.29. The molecule has 0 aliphatic heterocycles. The van der Waals surface area contributed by atoms with Crippen LogP contribution < -0.4 is 5.46 Å². The van der Waals surface area contributed by atoms with Crippen LogP contribution in [0.2, 0.25) is 0 Å². The van der Waals surface area contributed by atoms with E-state index in [1.54, 1.807) is 0 Å². The Hall–Kier alpha value is -2.87. The first kappa shape index (κ1) is 22.6. The lowest BCUT2D eigenvalue weighted by molar-refractivity contribution is 0.209. The molecule has 0 saturated heterocycles. The number of rotatable bonds is 8. The first-order chi connectivity index (χ1) is 17.3. The van der Waals surface area contributed by atoms with Gasteiger partial charge in [0.05, 0.1) is 31.8 Å². The molecule has 0 saturated carbocycles. The van der Waals surface area contributed by atoms with Gasteiger partial charge in [-0.15, -0.1) is 0 Å². The van der Waals surface area contributed by atoms with Crippen molar-refractivity contribution in [1.29, 1.82) is 0 Å². The van der Waals surface area contributed by atoms with Crippen molar-refractivity contribution in [1.82, 2.24) is 0 Å². The van der Waals surface area contributed by atoms with E-state index >= 15 is 0 Å². The van der Waals surface area contributed by atoms with Crippen LogP contribution in [0, 0.1) is 0 Å². The highest BCUT2D eigenvalue weighted by molar-refractivity contribution is 7.94. The van der Waals surface area contributed by atoms with Crippen molar-refractivity contribution in [3.63, 3.8) is 0 Å². The molecule has 4 aromatic carbocycles. The van der Waals surface area contributed by atoms with Crippen molar-refractivity contribution >= 4 is 25.0 Å². The molecule has 1 spiro atoms. The molecule has 0 fully saturated rings. The van der Waals surface area contributed by atoms with Gasteiger partial charge >= 0.3 is 7.48 Å². The Balaban J connectivity index is 1.61. The summed E-state index contributed by atoms with van der Waals surface area (Å²) >= 11 is 1.31. The summed E-state index contributed by atoms with van der Waals surface area (Å²) in [5.41, 5.74) is 10.7. The van der Waals surface area contributed by atoms with Crippen LogP contribution >= 0.6 is 12.0 Å². The number of aliphatic hydroxyl groups is 2. The Kier molecular flexibility index (Phi) is 6.00. The zero-order valence-electron chi connectivity index (χ0n) is 19.2. The van der Waals surface area contributed by atoms with E-state index in [4.69, 9.17) is 19.1 Å². The van der Waals surface area contributed by atoms with Gasteiger partial charge in [0.25, 0.3) is 0 Å². The van der Waals surface area contributed by atoms with Gasteiger partial charge in [0.2, 0.25) is 0 Å². The molecule has 174 valence electrons. The minimum absolute atomic E-state index is 0.00476. The largest absolute Gasteiger partial charge is 0.432 e. The van der Waals surface area contributed by atoms with Crippen molar-refractivity contribution in [3.05, 3.63) is 107 Å². The number of fused-ring (bicyclic) bond motifs is 10. The van der Waals surface area contributed by atoms with Crippen LogP contribution in [0.4, 0.5) is 0 Å². The van der Waals surface area contributed by atoms with Crippen molar-refractivity contribution in [2.24, 2.45) is 0 Å². The number of aliphatic hydroxyl groups excluding tert-OH is 2. The molecule has 0 aromatic heterocycles. The quantitative estimate of drug-likeness (QED) is 0.196. The average molecular weight is 480 g/mol. The normalized spacial score (nSPS) is 13.9. The van der Waals surface area contributed by atoms with Crippen LogP contribution in [0.25, 0.3) is 22.3 Å². The zero-order valence-corrected chi connectivity index (χ0v) is 20.1. The Morgan fingerprint density at radius 1 is 0.657 bits per heavy atom. The van der Waals surface area contributed by atoms with Crippen LogP contribution in [0.1, 0.15) is 22.3 Å². The maximum Gasteiger partial charge on any atom is 0.308 e. The molecule has 35 heavy (non-hydrogen) atoms. The van der Waals surface area contributed by atoms with Crippen LogP contribution in [-0.4, -0.2) is 44.1 Å². The van der Waals surface area contributed by atoms with E-state index in [2.05, 4.69) is 84.9 Å². The van der Waals surface area contributed by atoms with Crippen LogP contribution in [0.15, 0.2) is 89.8 Å². The first-order valence-corrected chi connectivity index (χ1v) is 12.6. The summed E-state index contributed by atoms with van der Waals surface area (Å²) in [5, 5.41) is 18.3. The fourth-order valence-electron chi connectivity index (χ4n) is 5.71. The van der Waals surface area contributed by atoms with Gasteiger partial charge < -0.3 is 19.1 Å². The molecule has 0 atom stereocenters. The molecule has 0 radical (unpaired) electrons. The molecule has 0 unspecified atom stereocenters. The van der Waals surface area contributed by atoms with Crippen LogP contribution in [0.3, 0.4) is 0 Å². The maximum absolute atomic E-state index is 9.16. The van der Waals surface area contributed by atoms with Gasteiger partial charge in [0, 0.05) is 16.9 Å². The van der Waals surface area contributed by atoms with Gasteiger partial charge in [-0.3, -0.25) is 0 Å². The van der Waals surface area contributed by atoms with Gasteiger partial charge in [0.15, 0.2) is 0 Å². The predicted molar refractivity (Wildman–Crippen MR) is 141 cm³/mol.